The monoisotopic (exact) mass is 620 g/mol. The third kappa shape index (κ3) is 10.4. The van der Waals surface area contributed by atoms with Gasteiger partial charge in [0.1, 0.15) is 11.5 Å². The average Bonchev–Trinajstić information content (AvgIpc) is 3.07. The zero-order chi connectivity index (χ0) is 32.7. The molecule has 0 aliphatic heterocycles. The Morgan fingerprint density at radius 3 is 1.91 bits per heavy atom. The summed E-state index contributed by atoms with van der Waals surface area (Å²) in [6.45, 7) is 4.26. The number of hydrogen-bond donors (Lipinski definition) is 2. The van der Waals surface area contributed by atoms with E-state index in [0.717, 1.165) is 18.4 Å². The lowest BCUT2D eigenvalue weighted by Crippen LogP contribution is -2.41. The number of ether oxygens (including phenoxy) is 2. The summed E-state index contributed by atoms with van der Waals surface area (Å²) >= 11 is 0. The highest BCUT2D eigenvalue weighted by Crippen LogP contribution is 2.19. The Balaban J connectivity index is 1.26. The molecule has 0 aromatic heterocycles. The van der Waals surface area contributed by atoms with Crippen molar-refractivity contribution in [2.75, 3.05) is 11.9 Å². The Hall–Kier alpha value is -5.24. The Morgan fingerprint density at radius 1 is 0.652 bits per heavy atom. The van der Waals surface area contributed by atoms with E-state index >= 15 is 0 Å². The molecule has 0 spiro atoms. The number of nitrogens with one attached hydrogen (secondary N) is 2. The number of anilines is 1. The van der Waals surface area contributed by atoms with Gasteiger partial charge in [0.25, 0.3) is 11.8 Å². The molecule has 0 aliphatic carbocycles. The van der Waals surface area contributed by atoms with Crippen LogP contribution in [-0.4, -0.2) is 36.2 Å². The molecule has 4 aromatic carbocycles. The molecule has 238 valence electrons. The van der Waals surface area contributed by atoms with Gasteiger partial charge in [-0.15, -0.1) is 0 Å². The summed E-state index contributed by atoms with van der Waals surface area (Å²) in [6.07, 6.45) is 6.09. The average molecular weight is 621 g/mol. The van der Waals surface area contributed by atoms with E-state index in [2.05, 4.69) is 17.6 Å². The van der Waals surface area contributed by atoms with Crippen molar-refractivity contribution in [3.8, 4) is 11.5 Å². The predicted molar refractivity (Wildman–Crippen MR) is 179 cm³/mol. The number of hydrogen-bond acceptors (Lipinski definition) is 6. The zero-order valence-electron chi connectivity index (χ0n) is 26.3. The molecule has 8 heteroatoms. The third-order valence-corrected chi connectivity index (χ3v) is 7.42. The SMILES string of the molecule is CCCCCCCOc1ccc(C(=O)Oc2ccc(C[C@H](NC(=O)c3ccc(NC(=O)c4ccccc4)cc3)C(C)=O)cc2)cc1. The first-order chi connectivity index (χ1) is 22.3. The second-order valence-electron chi connectivity index (χ2n) is 11.1. The minimum atomic E-state index is -0.754. The van der Waals surface area contributed by atoms with Crippen LogP contribution in [0, 0.1) is 0 Å². The van der Waals surface area contributed by atoms with Crippen LogP contribution in [0.4, 0.5) is 5.69 Å². The summed E-state index contributed by atoms with van der Waals surface area (Å²) < 4.78 is 11.3. The van der Waals surface area contributed by atoms with Gasteiger partial charge in [0.05, 0.1) is 18.2 Å². The van der Waals surface area contributed by atoms with Gasteiger partial charge in [0.2, 0.25) is 0 Å². The van der Waals surface area contributed by atoms with E-state index in [1.165, 1.54) is 26.2 Å². The van der Waals surface area contributed by atoms with Crippen LogP contribution < -0.4 is 20.1 Å². The van der Waals surface area contributed by atoms with Crippen LogP contribution in [0.3, 0.4) is 0 Å². The van der Waals surface area contributed by atoms with Crippen molar-refractivity contribution in [1.82, 2.24) is 5.32 Å². The smallest absolute Gasteiger partial charge is 0.343 e. The summed E-state index contributed by atoms with van der Waals surface area (Å²) in [5.41, 5.74) is 2.62. The van der Waals surface area contributed by atoms with Crippen molar-refractivity contribution < 1.29 is 28.7 Å². The molecule has 0 aliphatic rings. The lowest BCUT2D eigenvalue weighted by molar-refractivity contribution is -0.118. The van der Waals surface area contributed by atoms with E-state index < -0.39 is 17.9 Å². The fourth-order valence-corrected chi connectivity index (χ4v) is 4.71. The Kier molecular flexibility index (Phi) is 12.7. The van der Waals surface area contributed by atoms with Gasteiger partial charge in [-0.1, -0.05) is 62.9 Å². The van der Waals surface area contributed by atoms with Crippen molar-refractivity contribution >= 4 is 29.3 Å². The maximum atomic E-state index is 12.9. The standard InChI is InChI=1S/C38H40N2O6/c1-3-4-5-6-10-25-45-33-23-17-31(18-24-33)38(44)46-34-21-13-28(14-22-34)26-35(27(2)41)40-37(43)30-15-19-32(20-16-30)39-36(42)29-11-8-7-9-12-29/h7-9,11-24,35H,3-6,10,25-26H2,1-2H3,(H,39,42)(H,40,43)/t35-/m0/s1. The molecule has 2 amide bonds. The van der Waals surface area contributed by atoms with Crippen LogP contribution in [0.25, 0.3) is 0 Å². The number of ketones is 1. The van der Waals surface area contributed by atoms with Crippen molar-refractivity contribution in [1.29, 1.82) is 0 Å². The first kappa shape index (κ1) is 33.6. The van der Waals surface area contributed by atoms with Gasteiger partial charge in [-0.05, 0) is 98.1 Å². The highest BCUT2D eigenvalue weighted by Gasteiger charge is 2.19. The summed E-state index contributed by atoms with van der Waals surface area (Å²) in [6, 6.07) is 28.2. The van der Waals surface area contributed by atoms with Crippen LogP contribution in [0.2, 0.25) is 0 Å². The van der Waals surface area contributed by atoms with E-state index in [-0.39, 0.29) is 18.1 Å². The highest BCUT2D eigenvalue weighted by atomic mass is 16.5. The Bertz CT molecular complexity index is 1580. The van der Waals surface area contributed by atoms with Crippen molar-refractivity contribution in [2.24, 2.45) is 0 Å². The molecule has 8 nitrogen and oxygen atoms in total. The van der Waals surface area contributed by atoms with Gasteiger partial charge in [0, 0.05) is 16.8 Å². The number of benzene rings is 4. The fraction of sp³-hybridized carbons (Fsp3) is 0.263. The number of carbonyl (C=O) groups excluding carboxylic acids is 4. The summed E-state index contributed by atoms with van der Waals surface area (Å²) in [7, 11) is 0. The van der Waals surface area contributed by atoms with Crippen LogP contribution in [0.1, 0.15) is 82.6 Å². The lowest BCUT2D eigenvalue weighted by atomic mass is 10.0. The Morgan fingerprint density at radius 2 is 1.26 bits per heavy atom. The van der Waals surface area contributed by atoms with Crippen molar-refractivity contribution in [2.45, 2.75) is 58.4 Å². The van der Waals surface area contributed by atoms with Crippen LogP contribution in [0.15, 0.2) is 103 Å². The molecule has 0 bridgehead atoms. The van der Waals surface area contributed by atoms with Gasteiger partial charge in [-0.25, -0.2) is 4.79 Å². The van der Waals surface area contributed by atoms with Gasteiger partial charge < -0.3 is 20.1 Å². The minimum Gasteiger partial charge on any atom is -0.494 e. The molecule has 4 aromatic rings. The molecule has 4 rings (SSSR count). The number of rotatable bonds is 16. The van der Waals surface area contributed by atoms with Gasteiger partial charge >= 0.3 is 5.97 Å². The molecule has 0 saturated carbocycles. The number of esters is 1. The largest absolute Gasteiger partial charge is 0.494 e. The molecule has 46 heavy (non-hydrogen) atoms. The van der Waals surface area contributed by atoms with E-state index in [1.54, 1.807) is 97.1 Å². The second kappa shape index (κ2) is 17.3. The van der Waals surface area contributed by atoms with E-state index in [4.69, 9.17) is 9.47 Å². The molecule has 0 fully saturated rings. The van der Waals surface area contributed by atoms with Crippen LogP contribution in [0.5, 0.6) is 11.5 Å². The first-order valence-corrected chi connectivity index (χ1v) is 15.6. The summed E-state index contributed by atoms with van der Waals surface area (Å²) in [5.74, 6) is -0.261. The van der Waals surface area contributed by atoms with Crippen LogP contribution in [-0.2, 0) is 11.2 Å². The molecule has 0 saturated heterocycles. The first-order valence-electron chi connectivity index (χ1n) is 15.6. The summed E-state index contributed by atoms with van der Waals surface area (Å²) in [5, 5.41) is 5.59. The van der Waals surface area contributed by atoms with Crippen molar-refractivity contribution in [3.05, 3.63) is 125 Å². The zero-order valence-corrected chi connectivity index (χ0v) is 26.3. The predicted octanol–water partition coefficient (Wildman–Crippen LogP) is 7.44. The second-order valence-corrected chi connectivity index (χ2v) is 11.1. The molecular formula is C38H40N2O6. The number of unbranched alkanes of at least 4 members (excludes halogenated alkanes) is 4. The normalized spacial score (nSPS) is 11.3. The summed E-state index contributed by atoms with van der Waals surface area (Å²) in [4.78, 5) is 50.3. The molecule has 0 radical (unpaired) electrons. The lowest BCUT2D eigenvalue weighted by Gasteiger charge is -2.17. The molecule has 2 N–H and O–H groups in total. The van der Waals surface area contributed by atoms with Gasteiger partial charge in [-0.2, -0.15) is 0 Å². The molecule has 0 heterocycles. The van der Waals surface area contributed by atoms with E-state index in [0.29, 0.717) is 40.5 Å². The number of amides is 2. The molecular weight excluding hydrogens is 580 g/mol. The van der Waals surface area contributed by atoms with E-state index in [1.807, 2.05) is 6.07 Å². The number of carbonyl (C=O) groups is 4. The molecule has 1 atom stereocenters. The van der Waals surface area contributed by atoms with E-state index in [9.17, 15) is 19.2 Å². The quantitative estimate of drug-likeness (QED) is 0.0765. The van der Waals surface area contributed by atoms with Crippen LogP contribution >= 0.6 is 0 Å². The third-order valence-electron chi connectivity index (χ3n) is 7.42. The van der Waals surface area contributed by atoms with Crippen molar-refractivity contribution in [3.63, 3.8) is 0 Å². The number of Topliss-reactive ketones (excluding diaryl/α,β-unsaturated/α-hetero) is 1. The maximum Gasteiger partial charge on any atom is 0.343 e. The Labute approximate surface area is 270 Å². The highest BCUT2D eigenvalue weighted by molar-refractivity contribution is 6.04. The topological polar surface area (TPSA) is 111 Å². The molecule has 0 unspecified atom stereocenters. The maximum absolute atomic E-state index is 12.9. The fourth-order valence-electron chi connectivity index (χ4n) is 4.71. The van der Waals surface area contributed by atoms with Gasteiger partial charge in [-0.3, -0.25) is 14.4 Å². The minimum absolute atomic E-state index is 0.195. The van der Waals surface area contributed by atoms with Gasteiger partial charge in [0.15, 0.2) is 5.78 Å².